The van der Waals surface area contributed by atoms with E-state index in [1.165, 1.54) is 21.1 Å². The molecule has 4 rings (SSSR count). The Bertz CT molecular complexity index is 1140. The van der Waals surface area contributed by atoms with Crippen LogP contribution in [0.2, 0.25) is 0 Å². The van der Waals surface area contributed by atoms with Gasteiger partial charge < -0.3 is 4.90 Å². The van der Waals surface area contributed by atoms with E-state index in [0.29, 0.717) is 31.1 Å². The van der Waals surface area contributed by atoms with Crippen LogP contribution in [0.1, 0.15) is 20.9 Å². The molecule has 1 fully saturated rings. The number of amides is 1. The van der Waals surface area contributed by atoms with Gasteiger partial charge in [-0.3, -0.25) is 9.48 Å². The number of piperazine rings is 1. The van der Waals surface area contributed by atoms with Gasteiger partial charge in [0.2, 0.25) is 10.0 Å². The summed E-state index contributed by atoms with van der Waals surface area (Å²) < 4.78 is 28.4. The maximum Gasteiger partial charge on any atom is 0.264 e. The number of carbonyl (C=O) groups excluding carboxylic acids is 1. The van der Waals surface area contributed by atoms with E-state index < -0.39 is 10.0 Å². The van der Waals surface area contributed by atoms with Crippen molar-refractivity contribution in [1.29, 1.82) is 0 Å². The zero-order valence-corrected chi connectivity index (χ0v) is 17.9. The van der Waals surface area contributed by atoms with Crippen molar-refractivity contribution in [2.75, 3.05) is 26.2 Å². The minimum Gasteiger partial charge on any atom is -0.335 e. The van der Waals surface area contributed by atoms with Crippen molar-refractivity contribution in [3.05, 3.63) is 57.9 Å². The maximum absolute atomic E-state index is 12.9. The van der Waals surface area contributed by atoms with Gasteiger partial charge in [0.25, 0.3) is 5.91 Å². The largest absolute Gasteiger partial charge is 0.335 e. The molecule has 0 atom stereocenters. The maximum atomic E-state index is 12.9. The van der Waals surface area contributed by atoms with Crippen LogP contribution in [0.15, 0.2) is 41.8 Å². The Morgan fingerprint density at radius 1 is 1.14 bits per heavy atom. The molecule has 0 unspecified atom stereocenters. The van der Waals surface area contributed by atoms with Gasteiger partial charge in [0, 0.05) is 44.0 Å². The van der Waals surface area contributed by atoms with Crippen LogP contribution in [0.25, 0.3) is 16.3 Å². The lowest BCUT2D eigenvalue weighted by Gasteiger charge is -2.33. The second kappa shape index (κ2) is 7.74. The number of nitrogens with zero attached hydrogens (tertiary/aromatic N) is 4. The van der Waals surface area contributed by atoms with Gasteiger partial charge in [-0.05, 0) is 24.6 Å². The summed E-state index contributed by atoms with van der Waals surface area (Å²) in [6.45, 7) is 3.26. The molecule has 0 aliphatic carbocycles. The molecule has 0 bridgehead atoms. The molecular weight excluding hydrogens is 408 g/mol. The highest BCUT2D eigenvalue weighted by atomic mass is 32.2. The molecule has 29 heavy (non-hydrogen) atoms. The summed E-state index contributed by atoms with van der Waals surface area (Å²) in [4.78, 5) is 16.2. The number of hydrogen-bond donors (Lipinski definition) is 0. The summed E-state index contributed by atoms with van der Waals surface area (Å²) in [6.07, 6.45) is 1.60. The third-order valence-corrected chi connectivity index (χ3v) is 7.78. The fourth-order valence-corrected chi connectivity index (χ4v) is 5.69. The lowest BCUT2D eigenvalue weighted by Crippen LogP contribution is -2.49. The van der Waals surface area contributed by atoms with Gasteiger partial charge in [-0.25, -0.2) is 8.42 Å². The van der Waals surface area contributed by atoms with Gasteiger partial charge in [0.15, 0.2) is 0 Å². The van der Waals surface area contributed by atoms with Gasteiger partial charge in [0.05, 0.1) is 10.6 Å². The number of thiophene rings is 1. The summed E-state index contributed by atoms with van der Waals surface area (Å²) in [7, 11) is -1.64. The Labute approximate surface area is 173 Å². The SMILES string of the molecule is Cc1nn(C)c2sc(C(=O)N3CCN(S(=O)(=O)/C=C/c4ccccc4)CC3)cc12. The standard InChI is InChI=1S/C20H22N4O3S2/c1-15-17-14-18(28-20(17)22(2)21-15)19(25)23-9-11-24(12-10-23)29(26,27)13-8-16-6-4-3-5-7-16/h3-8,13-14H,9-12H2,1-2H3/b13-8+. The van der Waals surface area contributed by atoms with Crippen LogP contribution >= 0.6 is 11.3 Å². The van der Waals surface area contributed by atoms with Crippen molar-refractivity contribution in [3.63, 3.8) is 0 Å². The van der Waals surface area contributed by atoms with Crippen LogP contribution in [0.5, 0.6) is 0 Å². The molecule has 0 saturated carbocycles. The number of aromatic nitrogens is 2. The first-order valence-electron chi connectivity index (χ1n) is 9.31. The van der Waals surface area contributed by atoms with E-state index >= 15 is 0 Å². The normalized spacial score (nSPS) is 16.1. The van der Waals surface area contributed by atoms with E-state index in [9.17, 15) is 13.2 Å². The van der Waals surface area contributed by atoms with Crippen molar-refractivity contribution in [3.8, 4) is 0 Å². The molecule has 9 heteroatoms. The molecular formula is C20H22N4O3S2. The van der Waals surface area contributed by atoms with Crippen LogP contribution < -0.4 is 0 Å². The second-order valence-electron chi connectivity index (χ2n) is 6.99. The van der Waals surface area contributed by atoms with Crippen molar-refractivity contribution in [1.82, 2.24) is 19.0 Å². The lowest BCUT2D eigenvalue weighted by molar-refractivity contribution is 0.0703. The molecule has 0 N–H and O–H groups in total. The molecule has 1 aliphatic heterocycles. The zero-order valence-electron chi connectivity index (χ0n) is 16.3. The Morgan fingerprint density at radius 3 is 2.48 bits per heavy atom. The predicted octanol–water partition coefficient (Wildman–Crippen LogP) is 2.70. The van der Waals surface area contributed by atoms with E-state index in [0.717, 1.165) is 21.5 Å². The quantitative estimate of drug-likeness (QED) is 0.638. The molecule has 1 saturated heterocycles. The van der Waals surface area contributed by atoms with Crippen LogP contribution in [-0.4, -0.2) is 59.5 Å². The Kier molecular flexibility index (Phi) is 5.28. The fourth-order valence-electron chi connectivity index (χ4n) is 3.43. The zero-order chi connectivity index (χ0) is 20.6. The molecule has 2 aromatic heterocycles. The van der Waals surface area contributed by atoms with Gasteiger partial charge >= 0.3 is 0 Å². The Morgan fingerprint density at radius 2 is 1.83 bits per heavy atom. The number of sulfonamides is 1. The van der Waals surface area contributed by atoms with Crippen molar-refractivity contribution >= 4 is 43.6 Å². The number of rotatable bonds is 4. The van der Waals surface area contributed by atoms with Crippen molar-refractivity contribution < 1.29 is 13.2 Å². The number of fused-ring (bicyclic) bond motifs is 1. The molecule has 1 amide bonds. The van der Waals surface area contributed by atoms with E-state index in [2.05, 4.69) is 5.10 Å². The topological polar surface area (TPSA) is 75.5 Å². The van der Waals surface area contributed by atoms with Gasteiger partial charge in [-0.15, -0.1) is 11.3 Å². The third-order valence-electron chi connectivity index (χ3n) is 5.02. The van der Waals surface area contributed by atoms with Gasteiger partial charge in [0.1, 0.15) is 4.83 Å². The smallest absolute Gasteiger partial charge is 0.264 e. The Hall–Kier alpha value is -2.49. The monoisotopic (exact) mass is 430 g/mol. The molecule has 1 aromatic carbocycles. The average molecular weight is 431 g/mol. The first-order chi connectivity index (χ1) is 13.8. The number of hydrogen-bond acceptors (Lipinski definition) is 5. The van der Waals surface area contributed by atoms with Crippen molar-refractivity contribution in [2.45, 2.75) is 6.92 Å². The summed E-state index contributed by atoms with van der Waals surface area (Å²) >= 11 is 1.42. The molecule has 0 spiro atoms. The van der Waals surface area contributed by atoms with Crippen LogP contribution in [0.3, 0.4) is 0 Å². The molecule has 3 aromatic rings. The van der Waals surface area contributed by atoms with Crippen LogP contribution in [0.4, 0.5) is 0 Å². The van der Waals surface area contributed by atoms with Gasteiger partial charge in [-0.1, -0.05) is 30.3 Å². The minimum atomic E-state index is -3.51. The average Bonchev–Trinajstić information content (AvgIpc) is 3.28. The summed E-state index contributed by atoms with van der Waals surface area (Å²) in [5.41, 5.74) is 1.73. The molecule has 152 valence electrons. The molecule has 7 nitrogen and oxygen atoms in total. The highest BCUT2D eigenvalue weighted by molar-refractivity contribution is 7.92. The highest BCUT2D eigenvalue weighted by Crippen LogP contribution is 2.28. The number of aryl methyl sites for hydroxylation is 2. The van der Waals surface area contributed by atoms with E-state index in [1.54, 1.807) is 15.7 Å². The summed E-state index contributed by atoms with van der Waals surface area (Å²) in [5, 5.41) is 6.59. The van der Waals surface area contributed by atoms with Gasteiger partial charge in [-0.2, -0.15) is 9.40 Å². The minimum absolute atomic E-state index is 0.0533. The van der Waals surface area contributed by atoms with E-state index in [4.69, 9.17) is 0 Å². The second-order valence-corrected chi connectivity index (χ2v) is 9.84. The van der Waals surface area contributed by atoms with Crippen molar-refractivity contribution in [2.24, 2.45) is 7.05 Å². The molecule has 0 radical (unpaired) electrons. The van der Waals surface area contributed by atoms with E-state index in [-0.39, 0.29) is 5.91 Å². The Balaban J connectivity index is 1.42. The number of carbonyl (C=O) groups is 1. The lowest BCUT2D eigenvalue weighted by atomic mass is 10.2. The third kappa shape index (κ3) is 3.98. The highest BCUT2D eigenvalue weighted by Gasteiger charge is 2.29. The van der Waals surface area contributed by atoms with Crippen LogP contribution in [0, 0.1) is 6.92 Å². The molecule has 3 heterocycles. The first kappa shape index (κ1) is 19.8. The summed E-state index contributed by atoms with van der Waals surface area (Å²) in [5.74, 6) is -0.0533. The van der Waals surface area contributed by atoms with E-state index in [1.807, 2.05) is 50.4 Å². The molecule has 1 aliphatic rings. The number of benzene rings is 1. The predicted molar refractivity (Wildman–Crippen MR) is 115 cm³/mol. The first-order valence-corrected chi connectivity index (χ1v) is 11.6. The van der Waals surface area contributed by atoms with Crippen LogP contribution in [-0.2, 0) is 17.1 Å². The summed E-state index contributed by atoms with van der Waals surface area (Å²) in [6, 6.07) is 11.2. The fraction of sp³-hybridized carbons (Fsp3) is 0.300.